The van der Waals surface area contributed by atoms with E-state index in [9.17, 15) is 23.4 Å². The van der Waals surface area contributed by atoms with Crippen LogP contribution in [0.2, 0.25) is 0 Å². The highest BCUT2D eigenvalue weighted by Gasteiger charge is 2.35. The molecule has 1 saturated carbocycles. The highest BCUT2D eigenvalue weighted by Crippen LogP contribution is 2.33. The standard InChI is InChI=1S/C23H25BrN4O6S2/c1-12-2-3-15(24)6-17(12)21(30)14-5-20(35-10-14)22(31)18-8-26-11-27-23(18)28-16-4-13(19(29)7-16)9-34-36(25,32)33/h2-3,5-6,8,10-11,13,16,19,21,29-30H,4,7,9H2,1H3,(H2,25,32,33)(H,26,27,28)/t13-,16-,19+,21?/m1/s1. The first kappa shape index (κ1) is 26.8. The van der Waals surface area contributed by atoms with Crippen LogP contribution >= 0.6 is 27.3 Å². The predicted octanol–water partition coefficient (Wildman–Crippen LogP) is 2.69. The van der Waals surface area contributed by atoms with Crippen molar-refractivity contribution in [3.05, 3.63) is 73.8 Å². The first-order valence-corrected chi connectivity index (χ1v) is 14.1. The highest BCUT2D eigenvalue weighted by atomic mass is 79.9. The Kier molecular flexibility index (Phi) is 8.19. The van der Waals surface area contributed by atoms with Gasteiger partial charge >= 0.3 is 10.3 Å². The maximum atomic E-state index is 13.3. The fourth-order valence-electron chi connectivity index (χ4n) is 4.22. The Morgan fingerprint density at radius 1 is 1.36 bits per heavy atom. The molecule has 2 aromatic heterocycles. The summed E-state index contributed by atoms with van der Waals surface area (Å²) in [6.07, 6.45) is 1.76. The maximum Gasteiger partial charge on any atom is 0.333 e. The van der Waals surface area contributed by atoms with Crippen LogP contribution in [0.4, 0.5) is 5.82 Å². The van der Waals surface area contributed by atoms with Gasteiger partial charge < -0.3 is 15.5 Å². The monoisotopic (exact) mass is 596 g/mol. The zero-order chi connectivity index (χ0) is 26.0. The van der Waals surface area contributed by atoms with E-state index in [1.807, 2.05) is 25.1 Å². The van der Waals surface area contributed by atoms with E-state index in [2.05, 4.69) is 35.4 Å². The van der Waals surface area contributed by atoms with Crippen LogP contribution < -0.4 is 10.5 Å². The quantitative estimate of drug-likeness (QED) is 0.272. The van der Waals surface area contributed by atoms with Crippen LogP contribution in [0.5, 0.6) is 0 Å². The van der Waals surface area contributed by atoms with Crippen LogP contribution in [-0.2, 0) is 14.5 Å². The molecule has 0 amide bonds. The van der Waals surface area contributed by atoms with Crippen molar-refractivity contribution in [1.29, 1.82) is 0 Å². The number of thiophene rings is 1. The number of nitrogens with zero attached hydrogens (tertiary/aromatic N) is 2. The second-order valence-electron chi connectivity index (χ2n) is 8.68. The summed E-state index contributed by atoms with van der Waals surface area (Å²) in [7, 11) is -4.10. The van der Waals surface area contributed by atoms with Gasteiger partial charge in [-0.15, -0.1) is 11.3 Å². The fourth-order valence-corrected chi connectivity index (χ4v) is 5.84. The molecule has 0 bridgehead atoms. The Labute approximate surface area is 220 Å². The van der Waals surface area contributed by atoms with Gasteiger partial charge in [-0.2, -0.15) is 8.42 Å². The Morgan fingerprint density at radius 2 is 2.14 bits per heavy atom. The van der Waals surface area contributed by atoms with Gasteiger partial charge in [0.25, 0.3) is 0 Å². The fraction of sp³-hybridized carbons (Fsp3) is 0.348. The second-order valence-corrected chi connectivity index (χ2v) is 11.7. The summed E-state index contributed by atoms with van der Waals surface area (Å²) in [5.41, 5.74) is 2.52. The number of ketones is 1. The van der Waals surface area contributed by atoms with Crippen molar-refractivity contribution in [2.75, 3.05) is 11.9 Å². The predicted molar refractivity (Wildman–Crippen MR) is 138 cm³/mol. The van der Waals surface area contributed by atoms with Crippen molar-refractivity contribution in [3.8, 4) is 0 Å². The molecule has 1 unspecified atom stereocenters. The third kappa shape index (κ3) is 6.35. The van der Waals surface area contributed by atoms with E-state index in [0.29, 0.717) is 29.1 Å². The minimum atomic E-state index is -4.10. The van der Waals surface area contributed by atoms with Gasteiger partial charge in [-0.05, 0) is 60.0 Å². The average Bonchev–Trinajstić information content (AvgIpc) is 3.45. The molecule has 5 N–H and O–H groups in total. The summed E-state index contributed by atoms with van der Waals surface area (Å²) in [6.45, 7) is 1.68. The lowest BCUT2D eigenvalue weighted by Gasteiger charge is -2.15. The van der Waals surface area contributed by atoms with Crippen LogP contribution in [0.3, 0.4) is 0 Å². The van der Waals surface area contributed by atoms with E-state index in [1.165, 1.54) is 23.9 Å². The number of nitrogens with two attached hydrogens (primary N) is 1. The number of nitrogens with one attached hydrogen (secondary N) is 1. The molecule has 10 nitrogen and oxygen atoms in total. The van der Waals surface area contributed by atoms with Crippen molar-refractivity contribution < 1.29 is 27.6 Å². The molecule has 4 atom stereocenters. The maximum absolute atomic E-state index is 13.3. The molecule has 0 spiro atoms. The lowest BCUT2D eigenvalue weighted by atomic mass is 9.99. The van der Waals surface area contributed by atoms with Gasteiger partial charge in [0.15, 0.2) is 0 Å². The molecule has 192 valence electrons. The zero-order valence-electron chi connectivity index (χ0n) is 19.2. The summed E-state index contributed by atoms with van der Waals surface area (Å²) in [5, 5.41) is 31.0. The molecular formula is C23H25BrN4O6S2. The average molecular weight is 598 g/mol. The number of carbonyl (C=O) groups is 1. The minimum absolute atomic E-state index is 0.231. The van der Waals surface area contributed by atoms with Crippen molar-refractivity contribution >= 4 is 49.2 Å². The number of hydrogen-bond acceptors (Lipinski definition) is 10. The van der Waals surface area contributed by atoms with Crippen LogP contribution in [0.25, 0.3) is 0 Å². The topological polar surface area (TPSA) is 165 Å². The second kappa shape index (κ2) is 11.0. The third-order valence-corrected chi connectivity index (χ3v) is 8.00. The van der Waals surface area contributed by atoms with Gasteiger partial charge in [-0.25, -0.2) is 15.1 Å². The molecule has 36 heavy (non-hydrogen) atoms. The number of aromatic nitrogens is 2. The third-order valence-electron chi connectivity index (χ3n) is 6.10. The number of hydrogen-bond donors (Lipinski definition) is 4. The minimum Gasteiger partial charge on any atom is -0.393 e. The number of benzene rings is 1. The molecule has 0 radical (unpaired) electrons. The van der Waals surface area contributed by atoms with Crippen LogP contribution in [-0.4, -0.2) is 53.1 Å². The van der Waals surface area contributed by atoms with Gasteiger partial charge in [-0.1, -0.05) is 22.0 Å². The number of aliphatic hydroxyl groups excluding tert-OH is 2. The highest BCUT2D eigenvalue weighted by molar-refractivity contribution is 9.10. The summed E-state index contributed by atoms with van der Waals surface area (Å²) < 4.78 is 27.6. The first-order chi connectivity index (χ1) is 17.0. The molecule has 0 aliphatic heterocycles. The molecule has 1 aliphatic carbocycles. The number of halogens is 1. The zero-order valence-corrected chi connectivity index (χ0v) is 22.4. The van der Waals surface area contributed by atoms with Crippen molar-refractivity contribution in [2.45, 2.75) is 38.0 Å². The summed E-state index contributed by atoms with van der Waals surface area (Å²) >= 11 is 4.64. The van der Waals surface area contributed by atoms with E-state index in [-0.39, 0.29) is 24.0 Å². The largest absolute Gasteiger partial charge is 0.393 e. The Bertz CT molecular complexity index is 1370. The van der Waals surface area contributed by atoms with Crippen LogP contribution in [0.1, 0.15) is 50.9 Å². The lowest BCUT2D eigenvalue weighted by Crippen LogP contribution is -2.24. The molecule has 1 aromatic carbocycles. The van der Waals surface area contributed by atoms with Crippen molar-refractivity contribution in [1.82, 2.24) is 9.97 Å². The van der Waals surface area contributed by atoms with E-state index in [0.717, 1.165) is 15.6 Å². The number of aryl methyl sites for hydroxylation is 1. The number of carbonyl (C=O) groups excluding carboxylic acids is 1. The van der Waals surface area contributed by atoms with E-state index >= 15 is 0 Å². The smallest absolute Gasteiger partial charge is 0.333 e. The number of rotatable bonds is 9. The van der Waals surface area contributed by atoms with Crippen LogP contribution in [0.15, 0.2) is 46.6 Å². The molecular weight excluding hydrogens is 572 g/mol. The van der Waals surface area contributed by atoms with Gasteiger partial charge in [0.1, 0.15) is 18.2 Å². The van der Waals surface area contributed by atoms with Gasteiger partial charge in [-0.3, -0.25) is 8.98 Å². The summed E-state index contributed by atoms with van der Waals surface area (Å²) in [4.78, 5) is 21.9. The van der Waals surface area contributed by atoms with Crippen molar-refractivity contribution in [3.63, 3.8) is 0 Å². The summed E-state index contributed by atoms with van der Waals surface area (Å²) in [5.74, 6) is -0.441. The van der Waals surface area contributed by atoms with Crippen LogP contribution in [0, 0.1) is 12.8 Å². The Balaban J connectivity index is 1.49. The summed E-state index contributed by atoms with van der Waals surface area (Å²) in [6, 6.07) is 7.05. The normalized spacial score (nSPS) is 20.9. The van der Waals surface area contributed by atoms with Gasteiger partial charge in [0.2, 0.25) is 5.78 Å². The van der Waals surface area contributed by atoms with Gasteiger partial charge in [0.05, 0.1) is 23.2 Å². The molecule has 3 aromatic rings. The first-order valence-electron chi connectivity index (χ1n) is 11.0. The molecule has 13 heteroatoms. The molecule has 0 saturated heterocycles. The SMILES string of the molecule is Cc1ccc(Br)cc1C(O)c1csc(C(=O)c2cncnc2N[C@@H]2C[C@H](COS(N)(=O)=O)[C@@H](O)C2)c1. The van der Waals surface area contributed by atoms with E-state index in [1.54, 1.807) is 11.4 Å². The van der Waals surface area contributed by atoms with Gasteiger partial charge in [0, 0.05) is 22.6 Å². The van der Waals surface area contributed by atoms with E-state index in [4.69, 9.17) is 5.14 Å². The Hall–Kier alpha value is -2.26. The number of anilines is 1. The van der Waals surface area contributed by atoms with E-state index < -0.39 is 28.4 Å². The molecule has 4 rings (SSSR count). The number of aliphatic hydroxyl groups is 2. The molecule has 1 fully saturated rings. The Morgan fingerprint density at radius 3 is 2.89 bits per heavy atom. The molecule has 2 heterocycles. The van der Waals surface area contributed by atoms with Crippen molar-refractivity contribution in [2.24, 2.45) is 11.1 Å². The molecule has 1 aliphatic rings. The lowest BCUT2D eigenvalue weighted by molar-refractivity contribution is 0.101.